The Hall–Kier alpha value is -3.07. The average Bonchev–Trinajstić information content (AvgIpc) is 3.34. The van der Waals surface area contributed by atoms with Gasteiger partial charge in [-0.2, -0.15) is 0 Å². The van der Waals surface area contributed by atoms with Gasteiger partial charge in [-0.1, -0.05) is 36.7 Å². The van der Waals surface area contributed by atoms with Gasteiger partial charge < -0.3 is 14.6 Å². The van der Waals surface area contributed by atoms with Crippen LogP contribution in [0.15, 0.2) is 59.5 Å². The molecule has 0 spiro atoms. The van der Waals surface area contributed by atoms with Crippen molar-refractivity contribution in [1.82, 2.24) is 4.90 Å². The first-order valence-electron chi connectivity index (χ1n) is 13.3. The number of phenols is 1. The number of rotatable bonds is 7. The number of fused-ring (bicyclic) bond motifs is 1. The van der Waals surface area contributed by atoms with Gasteiger partial charge >= 0.3 is 0 Å². The molecular weight excluding hydrogens is 553 g/mol. The maximum Gasteiger partial charge on any atom is 0.176 e. The number of hydrogen-bond donors (Lipinski definition) is 1. The van der Waals surface area contributed by atoms with Gasteiger partial charge in [-0.05, 0) is 79.8 Å². The van der Waals surface area contributed by atoms with Crippen LogP contribution >= 0.6 is 11.6 Å². The van der Waals surface area contributed by atoms with Crippen LogP contribution in [0.2, 0.25) is 5.02 Å². The third-order valence-corrected chi connectivity index (χ3v) is 9.34. The molecule has 1 N–H and O–H groups in total. The van der Waals surface area contributed by atoms with E-state index in [0.29, 0.717) is 35.4 Å². The molecule has 2 aliphatic rings. The van der Waals surface area contributed by atoms with E-state index in [1.54, 1.807) is 12.1 Å². The van der Waals surface area contributed by atoms with Crippen LogP contribution in [0, 0.1) is 11.7 Å². The Labute approximate surface area is 239 Å². The van der Waals surface area contributed by atoms with E-state index in [2.05, 4.69) is 18.7 Å². The summed E-state index contributed by atoms with van der Waals surface area (Å²) < 4.78 is 51.0. The lowest BCUT2D eigenvalue weighted by molar-refractivity contribution is 0.169. The van der Waals surface area contributed by atoms with E-state index in [0.717, 1.165) is 41.8 Å². The fraction of sp³-hybridized carbons (Fsp3) is 0.355. The van der Waals surface area contributed by atoms with Gasteiger partial charge in [0.2, 0.25) is 0 Å². The van der Waals surface area contributed by atoms with Crippen molar-refractivity contribution >= 4 is 32.6 Å². The molecule has 1 saturated heterocycles. The molecule has 0 aliphatic carbocycles. The highest BCUT2D eigenvalue weighted by Gasteiger charge is 2.31. The summed E-state index contributed by atoms with van der Waals surface area (Å²) in [5.41, 5.74) is 3.47. The first-order chi connectivity index (χ1) is 18.9. The highest BCUT2D eigenvalue weighted by molar-refractivity contribution is 7.90. The highest BCUT2D eigenvalue weighted by Crippen LogP contribution is 2.48. The Balaban J connectivity index is 1.48. The normalized spacial score (nSPS) is 20.2. The first-order valence-corrected chi connectivity index (χ1v) is 15.6. The molecule has 5 rings (SSSR count). The Morgan fingerprint density at radius 1 is 1.18 bits per heavy atom. The number of aromatic hydroxyl groups is 1. The van der Waals surface area contributed by atoms with E-state index in [9.17, 15) is 17.9 Å². The molecule has 6 nitrogen and oxygen atoms in total. The van der Waals surface area contributed by atoms with Crippen LogP contribution < -0.4 is 9.47 Å². The van der Waals surface area contributed by atoms with Crippen LogP contribution in [-0.2, 0) is 9.84 Å². The van der Waals surface area contributed by atoms with E-state index in [1.807, 2.05) is 31.2 Å². The topological polar surface area (TPSA) is 76.1 Å². The molecule has 2 heterocycles. The van der Waals surface area contributed by atoms with Gasteiger partial charge in [-0.3, -0.25) is 4.90 Å². The predicted molar refractivity (Wildman–Crippen MR) is 155 cm³/mol. The Kier molecular flexibility index (Phi) is 7.88. The molecular formula is C31H33ClFNO5S. The van der Waals surface area contributed by atoms with Crippen molar-refractivity contribution in [1.29, 1.82) is 0 Å². The second kappa shape index (κ2) is 11.1. The summed E-state index contributed by atoms with van der Waals surface area (Å²) in [4.78, 5) is 2.48. The molecule has 0 aromatic heterocycles. The lowest BCUT2D eigenvalue weighted by Gasteiger charge is -2.31. The SMILES string of the molecule is CC1=C(c2ccc(S(C)(=O)=O)c(Cl)c2)C(c2ccc(OC[C@H](C)N3CC[C@@H](C)C3)cc2)Oc2cc(F)c(O)cc21. The molecule has 0 bridgehead atoms. The zero-order valence-corrected chi connectivity index (χ0v) is 24.5. The number of hydrogen-bond acceptors (Lipinski definition) is 6. The maximum absolute atomic E-state index is 14.3. The minimum Gasteiger partial charge on any atom is -0.505 e. The summed E-state index contributed by atoms with van der Waals surface area (Å²) in [7, 11) is -3.51. The molecule has 0 radical (unpaired) electrons. The van der Waals surface area contributed by atoms with Gasteiger partial charge in [0.1, 0.15) is 24.2 Å². The zero-order valence-electron chi connectivity index (χ0n) is 22.9. The molecule has 40 heavy (non-hydrogen) atoms. The molecule has 1 unspecified atom stereocenters. The summed E-state index contributed by atoms with van der Waals surface area (Å²) in [6, 6.07) is 15.2. The molecule has 3 aromatic carbocycles. The van der Waals surface area contributed by atoms with Crippen molar-refractivity contribution in [2.24, 2.45) is 5.92 Å². The standard InChI is InChI=1S/C31H33ClFNO5S/c1-18-11-12-34(16-18)19(2)17-38-23-8-5-21(6-9-23)31-30(22-7-10-29(25(32)13-22)40(4,36)37)20(3)24-14-27(35)26(33)15-28(24)39-31/h5-10,13-15,18-19,31,35H,11-12,16-17H2,1-4H3/t18-,19+,31?/m1/s1. The first kappa shape index (κ1) is 28.5. The lowest BCUT2D eigenvalue weighted by atomic mass is 9.86. The Morgan fingerprint density at radius 2 is 1.90 bits per heavy atom. The number of likely N-dealkylation sites (tertiary alicyclic amines) is 1. The van der Waals surface area contributed by atoms with Gasteiger partial charge in [0.15, 0.2) is 21.4 Å². The third-order valence-electron chi connectivity index (χ3n) is 7.76. The van der Waals surface area contributed by atoms with Crippen molar-refractivity contribution < 1.29 is 27.4 Å². The minimum atomic E-state index is -3.51. The number of benzene rings is 3. The van der Waals surface area contributed by atoms with E-state index in [4.69, 9.17) is 21.1 Å². The smallest absolute Gasteiger partial charge is 0.176 e. The van der Waals surface area contributed by atoms with Gasteiger partial charge in [-0.25, -0.2) is 12.8 Å². The van der Waals surface area contributed by atoms with Crippen molar-refractivity contribution in [2.45, 2.75) is 44.2 Å². The lowest BCUT2D eigenvalue weighted by Crippen LogP contribution is -2.35. The van der Waals surface area contributed by atoms with Crippen LogP contribution in [0.25, 0.3) is 11.1 Å². The zero-order chi connectivity index (χ0) is 28.8. The second-order valence-corrected chi connectivity index (χ2v) is 13.3. The van der Waals surface area contributed by atoms with Crippen molar-refractivity contribution in [2.75, 3.05) is 26.0 Å². The van der Waals surface area contributed by atoms with E-state index >= 15 is 0 Å². The van der Waals surface area contributed by atoms with Crippen LogP contribution in [0.1, 0.15) is 50.0 Å². The van der Waals surface area contributed by atoms with Crippen molar-refractivity contribution in [3.63, 3.8) is 0 Å². The quantitative estimate of drug-likeness (QED) is 0.330. The third kappa shape index (κ3) is 5.71. The number of nitrogens with zero attached hydrogens (tertiary/aromatic N) is 1. The average molecular weight is 586 g/mol. The van der Waals surface area contributed by atoms with Crippen LogP contribution in [0.5, 0.6) is 17.2 Å². The van der Waals surface area contributed by atoms with Crippen molar-refractivity contribution in [3.05, 3.63) is 82.1 Å². The van der Waals surface area contributed by atoms with Gasteiger partial charge in [0.05, 0.1) is 9.92 Å². The van der Waals surface area contributed by atoms with E-state index in [1.165, 1.54) is 24.6 Å². The summed E-state index contributed by atoms with van der Waals surface area (Å²) in [5, 5.41) is 10.1. The Bertz CT molecular complexity index is 1570. The molecule has 212 valence electrons. The molecule has 3 atom stereocenters. The summed E-state index contributed by atoms with van der Waals surface area (Å²) >= 11 is 6.40. The number of halogens is 2. The highest BCUT2D eigenvalue weighted by atomic mass is 35.5. The van der Waals surface area contributed by atoms with Gasteiger partial charge in [-0.15, -0.1) is 0 Å². The summed E-state index contributed by atoms with van der Waals surface area (Å²) in [5.74, 6) is 0.485. The fourth-order valence-electron chi connectivity index (χ4n) is 5.46. The van der Waals surface area contributed by atoms with Crippen LogP contribution in [0.3, 0.4) is 0 Å². The number of sulfone groups is 1. The minimum absolute atomic E-state index is 0.0312. The van der Waals surface area contributed by atoms with Crippen LogP contribution in [0.4, 0.5) is 4.39 Å². The van der Waals surface area contributed by atoms with Gasteiger partial charge in [0, 0.05) is 36.0 Å². The number of ether oxygens (including phenoxy) is 2. The molecule has 1 fully saturated rings. The molecule has 2 aliphatic heterocycles. The van der Waals surface area contributed by atoms with Crippen LogP contribution in [-0.4, -0.2) is 50.4 Å². The van der Waals surface area contributed by atoms with E-state index in [-0.39, 0.29) is 9.92 Å². The molecule has 0 saturated carbocycles. The number of allylic oxidation sites excluding steroid dienone is 1. The molecule has 3 aromatic rings. The summed E-state index contributed by atoms with van der Waals surface area (Å²) in [6.45, 7) is 9.07. The van der Waals surface area contributed by atoms with Gasteiger partial charge in [0.25, 0.3) is 0 Å². The van der Waals surface area contributed by atoms with E-state index < -0.39 is 27.5 Å². The molecule has 0 amide bonds. The fourth-order valence-corrected chi connectivity index (χ4v) is 6.79. The maximum atomic E-state index is 14.3. The predicted octanol–water partition coefficient (Wildman–Crippen LogP) is 6.76. The van der Waals surface area contributed by atoms with Crippen molar-refractivity contribution in [3.8, 4) is 17.2 Å². The molecule has 9 heteroatoms. The monoisotopic (exact) mass is 585 g/mol. The Morgan fingerprint density at radius 3 is 2.52 bits per heavy atom. The largest absolute Gasteiger partial charge is 0.505 e. The number of phenolic OH excluding ortho intramolecular Hbond substituents is 1. The summed E-state index contributed by atoms with van der Waals surface area (Å²) in [6.07, 6.45) is 1.68. The second-order valence-electron chi connectivity index (χ2n) is 10.9.